The van der Waals surface area contributed by atoms with Crippen LogP contribution in [0.15, 0.2) is 28.3 Å². The maximum atomic E-state index is 12.3. The first-order valence-corrected chi connectivity index (χ1v) is 8.89. The number of rotatable bonds is 7. The van der Waals surface area contributed by atoms with E-state index in [1.54, 1.807) is 16.7 Å². The number of nitrogens with zero attached hydrogens (tertiary/aromatic N) is 3. The van der Waals surface area contributed by atoms with E-state index in [9.17, 15) is 14.5 Å². The van der Waals surface area contributed by atoms with Crippen molar-refractivity contribution in [2.45, 2.75) is 6.54 Å². The summed E-state index contributed by atoms with van der Waals surface area (Å²) in [6, 6.07) is 4.79. The van der Waals surface area contributed by atoms with Gasteiger partial charge in [0.25, 0.3) is 0 Å². The van der Waals surface area contributed by atoms with Gasteiger partial charge in [-0.3, -0.25) is 0 Å². The van der Waals surface area contributed by atoms with Crippen molar-refractivity contribution in [3.05, 3.63) is 33.5 Å². The average Bonchev–Trinajstić information content (AvgIpc) is 2.88. The zero-order chi connectivity index (χ0) is 16.8. The molecule has 0 aliphatic rings. The SMILES string of the molecule is COc1ccc2[se]n(CCNC(=O)N(CCCl)N=O)c(=O)c2c1. The molecule has 1 heterocycles. The van der Waals surface area contributed by atoms with E-state index in [1.807, 2.05) is 12.1 Å². The Hall–Kier alpha value is -1.83. The molecule has 0 saturated carbocycles. The number of carbonyl (C=O) groups excluding carboxylic acids is 1. The second-order valence-electron chi connectivity index (χ2n) is 4.49. The Morgan fingerprint density at radius 1 is 1.52 bits per heavy atom. The molecular weight excluding hydrogens is 391 g/mol. The first-order chi connectivity index (χ1) is 11.1. The van der Waals surface area contributed by atoms with Crippen LogP contribution in [0.25, 0.3) is 9.65 Å². The summed E-state index contributed by atoms with van der Waals surface area (Å²) in [7, 11) is 1.55. The number of halogens is 1. The number of alkyl halides is 1. The third-order valence-electron chi connectivity index (χ3n) is 3.07. The standard InChI is InChI=1S/C13H15ClN4O4Se/c1-22-9-2-3-11-10(8-9)12(19)18(23-11)7-5-15-13(20)17(16-21)6-4-14/h2-3,8H,4-7H2,1H3,(H,15,20). The van der Waals surface area contributed by atoms with Crippen molar-refractivity contribution in [1.29, 1.82) is 0 Å². The number of benzene rings is 1. The monoisotopic (exact) mass is 406 g/mol. The topological polar surface area (TPSA) is 93.0 Å². The van der Waals surface area contributed by atoms with Crippen molar-refractivity contribution in [2.24, 2.45) is 5.29 Å². The van der Waals surface area contributed by atoms with E-state index in [0.29, 0.717) is 22.7 Å². The minimum atomic E-state index is -0.626. The molecule has 0 fully saturated rings. The van der Waals surface area contributed by atoms with Crippen LogP contribution >= 0.6 is 11.6 Å². The first-order valence-electron chi connectivity index (χ1n) is 6.73. The van der Waals surface area contributed by atoms with Gasteiger partial charge in [-0.05, 0) is 0 Å². The number of methoxy groups -OCH3 is 1. The summed E-state index contributed by atoms with van der Waals surface area (Å²) in [5.41, 5.74) is -0.0840. The number of fused-ring (bicyclic) bond motifs is 1. The molecule has 0 saturated heterocycles. The minimum absolute atomic E-state index is 0.0364. The van der Waals surface area contributed by atoms with Crippen LogP contribution in [0, 0.1) is 4.91 Å². The van der Waals surface area contributed by atoms with Gasteiger partial charge < -0.3 is 0 Å². The van der Waals surface area contributed by atoms with Crippen LogP contribution < -0.4 is 15.6 Å². The molecule has 124 valence electrons. The zero-order valence-electron chi connectivity index (χ0n) is 12.3. The predicted octanol–water partition coefficient (Wildman–Crippen LogP) is 0.999. The molecule has 10 heteroatoms. The quantitative estimate of drug-likeness (QED) is 0.322. The van der Waals surface area contributed by atoms with E-state index < -0.39 is 6.03 Å². The summed E-state index contributed by atoms with van der Waals surface area (Å²) in [6.45, 7) is 0.621. The van der Waals surface area contributed by atoms with Crippen LogP contribution in [0.5, 0.6) is 5.75 Å². The Bertz CT molecular complexity index is 760. The molecular formula is C13H15ClN4O4Se. The molecule has 0 bridgehead atoms. The van der Waals surface area contributed by atoms with Crippen LogP contribution in [0.2, 0.25) is 0 Å². The van der Waals surface area contributed by atoms with Crippen molar-refractivity contribution in [2.75, 3.05) is 26.1 Å². The van der Waals surface area contributed by atoms with Gasteiger partial charge in [-0.25, -0.2) is 0 Å². The normalized spacial score (nSPS) is 10.5. The van der Waals surface area contributed by atoms with Crippen molar-refractivity contribution in [1.82, 2.24) is 13.9 Å². The van der Waals surface area contributed by atoms with Crippen LogP contribution in [0.4, 0.5) is 4.79 Å². The van der Waals surface area contributed by atoms with E-state index in [0.717, 1.165) is 4.26 Å². The van der Waals surface area contributed by atoms with Gasteiger partial charge in [0.05, 0.1) is 0 Å². The van der Waals surface area contributed by atoms with Crippen LogP contribution in [-0.4, -0.2) is 55.4 Å². The van der Waals surface area contributed by atoms with Gasteiger partial charge in [-0.1, -0.05) is 0 Å². The van der Waals surface area contributed by atoms with Gasteiger partial charge in [0.15, 0.2) is 0 Å². The molecule has 0 aliphatic carbocycles. The van der Waals surface area contributed by atoms with E-state index in [2.05, 4.69) is 10.6 Å². The van der Waals surface area contributed by atoms with E-state index >= 15 is 0 Å². The molecule has 23 heavy (non-hydrogen) atoms. The molecule has 0 spiro atoms. The Morgan fingerprint density at radius 3 is 2.96 bits per heavy atom. The molecule has 1 N–H and O–H groups in total. The van der Waals surface area contributed by atoms with E-state index in [1.165, 1.54) is 0 Å². The summed E-state index contributed by atoms with van der Waals surface area (Å²) < 4.78 is 7.78. The average molecular weight is 406 g/mol. The van der Waals surface area contributed by atoms with Crippen LogP contribution in [-0.2, 0) is 6.54 Å². The Balaban J connectivity index is 2.02. The summed E-state index contributed by atoms with van der Waals surface area (Å²) in [5, 5.41) is 6.48. The number of carbonyl (C=O) groups is 1. The van der Waals surface area contributed by atoms with Crippen LogP contribution in [0.3, 0.4) is 0 Å². The van der Waals surface area contributed by atoms with Gasteiger partial charge in [0, 0.05) is 0 Å². The molecule has 0 aliphatic heterocycles. The van der Waals surface area contributed by atoms with E-state index in [-0.39, 0.29) is 39.3 Å². The fourth-order valence-electron chi connectivity index (χ4n) is 1.94. The number of hydrogen-bond acceptors (Lipinski definition) is 5. The molecule has 1 aromatic heterocycles. The number of ether oxygens (including phenoxy) is 1. The van der Waals surface area contributed by atoms with Crippen molar-refractivity contribution < 1.29 is 9.53 Å². The summed E-state index contributed by atoms with van der Waals surface area (Å²) in [5.74, 6) is 0.751. The Morgan fingerprint density at radius 2 is 2.30 bits per heavy atom. The number of urea groups is 1. The van der Waals surface area contributed by atoms with Gasteiger partial charge in [0.2, 0.25) is 0 Å². The van der Waals surface area contributed by atoms with Gasteiger partial charge in [-0.15, -0.1) is 0 Å². The number of amides is 2. The number of aromatic nitrogens is 1. The predicted molar refractivity (Wildman–Crippen MR) is 88.3 cm³/mol. The van der Waals surface area contributed by atoms with Crippen molar-refractivity contribution >= 4 is 42.0 Å². The summed E-state index contributed by atoms with van der Waals surface area (Å²) in [6.07, 6.45) is 0. The fourth-order valence-corrected chi connectivity index (χ4v) is 4.14. The molecule has 0 unspecified atom stereocenters. The Kier molecular flexibility index (Phi) is 6.20. The molecule has 0 atom stereocenters. The number of hydrogen-bond donors (Lipinski definition) is 1. The second-order valence-corrected chi connectivity index (χ2v) is 7.09. The maximum absolute atomic E-state index is 12.3. The zero-order valence-corrected chi connectivity index (χ0v) is 14.8. The molecule has 2 amide bonds. The van der Waals surface area contributed by atoms with Crippen molar-refractivity contribution in [3.63, 3.8) is 0 Å². The molecule has 2 aromatic rings. The van der Waals surface area contributed by atoms with Gasteiger partial charge >= 0.3 is 143 Å². The van der Waals surface area contributed by atoms with Gasteiger partial charge in [-0.2, -0.15) is 0 Å². The first kappa shape index (κ1) is 17.5. The van der Waals surface area contributed by atoms with Gasteiger partial charge in [0.1, 0.15) is 0 Å². The molecule has 0 radical (unpaired) electrons. The van der Waals surface area contributed by atoms with E-state index in [4.69, 9.17) is 16.3 Å². The molecule has 2 rings (SSSR count). The number of nitrogens with one attached hydrogen (secondary N) is 1. The van der Waals surface area contributed by atoms with Crippen molar-refractivity contribution in [3.8, 4) is 5.75 Å². The fraction of sp³-hybridized carbons (Fsp3) is 0.385. The summed E-state index contributed by atoms with van der Waals surface area (Å²) in [4.78, 5) is 34.5. The third kappa shape index (κ3) is 4.13. The third-order valence-corrected chi connectivity index (χ3v) is 5.59. The molecule has 8 nitrogen and oxygen atoms in total. The van der Waals surface area contributed by atoms with Crippen LogP contribution in [0.1, 0.15) is 0 Å². The second kappa shape index (κ2) is 8.14. The molecule has 1 aromatic carbocycles. The Labute approximate surface area is 142 Å². The summed E-state index contributed by atoms with van der Waals surface area (Å²) >= 11 is 5.33. The number of nitroso groups, excluding NO2 is 1.